The van der Waals surface area contributed by atoms with E-state index >= 15 is 0 Å². The van der Waals surface area contributed by atoms with E-state index in [1.54, 1.807) is 0 Å². The quantitative estimate of drug-likeness (QED) is 0.542. The summed E-state index contributed by atoms with van der Waals surface area (Å²) in [6.07, 6.45) is 0.611. The zero-order chi connectivity index (χ0) is 18.5. The van der Waals surface area contributed by atoms with Gasteiger partial charge in [-0.2, -0.15) is 0 Å². The van der Waals surface area contributed by atoms with Gasteiger partial charge in [0, 0.05) is 15.7 Å². The molecule has 0 bridgehead atoms. The molecule has 3 aromatic rings. The molecule has 0 fully saturated rings. The molecule has 2 aromatic carbocycles. The number of aromatic amines is 1. The van der Waals surface area contributed by atoms with Gasteiger partial charge in [-0.1, -0.05) is 46.7 Å². The third-order valence-electron chi connectivity index (χ3n) is 3.61. The molecule has 0 saturated heterocycles. The SMILES string of the molecule is CC[C@@H](Sc1n[nH]c(-c2ccc(Br)cc2)n1)C(=O)Nc1ccc(F)cc1. The monoisotopic (exact) mass is 434 g/mol. The second-order valence-electron chi connectivity index (χ2n) is 5.48. The summed E-state index contributed by atoms with van der Waals surface area (Å²) in [5.41, 5.74) is 1.47. The summed E-state index contributed by atoms with van der Waals surface area (Å²) in [7, 11) is 0. The highest BCUT2D eigenvalue weighted by Crippen LogP contribution is 2.26. The molecule has 26 heavy (non-hydrogen) atoms. The molecule has 0 aliphatic rings. The van der Waals surface area contributed by atoms with Crippen LogP contribution in [-0.2, 0) is 4.79 Å². The number of halogens is 2. The van der Waals surface area contributed by atoms with E-state index in [0.717, 1.165) is 10.0 Å². The van der Waals surface area contributed by atoms with Crippen LogP contribution >= 0.6 is 27.7 Å². The number of H-pyrrole nitrogens is 1. The van der Waals surface area contributed by atoms with Crippen LogP contribution in [0.2, 0.25) is 0 Å². The van der Waals surface area contributed by atoms with Gasteiger partial charge in [-0.3, -0.25) is 9.89 Å². The van der Waals surface area contributed by atoms with E-state index in [1.165, 1.54) is 36.0 Å². The Balaban J connectivity index is 1.67. The number of anilines is 1. The lowest BCUT2D eigenvalue weighted by atomic mass is 10.2. The highest BCUT2D eigenvalue weighted by molar-refractivity contribution is 9.10. The number of nitrogens with one attached hydrogen (secondary N) is 2. The number of aromatic nitrogens is 3. The Hall–Kier alpha value is -2.19. The first-order valence-electron chi connectivity index (χ1n) is 7.96. The molecule has 1 amide bonds. The largest absolute Gasteiger partial charge is 0.325 e. The highest BCUT2D eigenvalue weighted by atomic mass is 79.9. The number of amides is 1. The van der Waals surface area contributed by atoms with Gasteiger partial charge in [-0.15, -0.1) is 5.10 Å². The molecule has 0 aliphatic carbocycles. The number of hydrogen-bond acceptors (Lipinski definition) is 4. The lowest BCUT2D eigenvalue weighted by Crippen LogP contribution is -2.24. The number of rotatable bonds is 6. The molecule has 0 radical (unpaired) electrons. The van der Waals surface area contributed by atoms with E-state index in [9.17, 15) is 9.18 Å². The summed E-state index contributed by atoms with van der Waals surface area (Å²) in [5.74, 6) is 0.138. The number of thioether (sulfide) groups is 1. The lowest BCUT2D eigenvalue weighted by molar-refractivity contribution is -0.115. The van der Waals surface area contributed by atoms with Gasteiger partial charge < -0.3 is 5.32 Å². The molecule has 3 rings (SSSR count). The molecule has 8 heteroatoms. The zero-order valence-electron chi connectivity index (χ0n) is 13.9. The standard InChI is InChI=1S/C18H16BrFN4OS/c1-2-15(17(25)21-14-9-7-13(20)8-10-14)26-18-22-16(23-24-18)11-3-5-12(19)6-4-11/h3-10,15H,2H2,1H3,(H,21,25)(H,22,23,24)/t15-/m1/s1. The summed E-state index contributed by atoms with van der Waals surface area (Å²) in [6, 6.07) is 13.4. The smallest absolute Gasteiger partial charge is 0.237 e. The minimum absolute atomic E-state index is 0.168. The van der Waals surface area contributed by atoms with E-state index in [-0.39, 0.29) is 17.0 Å². The van der Waals surface area contributed by atoms with E-state index in [2.05, 4.69) is 36.4 Å². The lowest BCUT2D eigenvalue weighted by Gasteiger charge is -2.12. The van der Waals surface area contributed by atoms with Gasteiger partial charge in [0.25, 0.3) is 0 Å². The van der Waals surface area contributed by atoms with Crippen LogP contribution in [0.4, 0.5) is 10.1 Å². The minimum Gasteiger partial charge on any atom is -0.325 e. The van der Waals surface area contributed by atoms with Gasteiger partial charge in [0.1, 0.15) is 5.82 Å². The first-order valence-corrected chi connectivity index (χ1v) is 9.64. The topological polar surface area (TPSA) is 70.7 Å². The van der Waals surface area contributed by atoms with E-state index in [0.29, 0.717) is 23.1 Å². The van der Waals surface area contributed by atoms with Crippen LogP contribution in [0.5, 0.6) is 0 Å². The maximum absolute atomic E-state index is 13.0. The summed E-state index contributed by atoms with van der Waals surface area (Å²) in [6.45, 7) is 1.92. The Bertz CT molecular complexity index is 883. The van der Waals surface area contributed by atoms with Crippen LogP contribution in [0.3, 0.4) is 0 Å². The van der Waals surface area contributed by atoms with E-state index in [1.807, 2.05) is 31.2 Å². The number of hydrogen-bond donors (Lipinski definition) is 2. The maximum Gasteiger partial charge on any atom is 0.237 e. The predicted molar refractivity (Wildman–Crippen MR) is 104 cm³/mol. The van der Waals surface area contributed by atoms with Crippen molar-refractivity contribution in [2.45, 2.75) is 23.8 Å². The Morgan fingerprint density at radius 2 is 1.92 bits per heavy atom. The molecule has 0 unspecified atom stereocenters. The molecular weight excluding hydrogens is 419 g/mol. The van der Waals surface area contributed by atoms with Crippen molar-refractivity contribution in [1.29, 1.82) is 0 Å². The first-order chi connectivity index (χ1) is 12.5. The molecular formula is C18H16BrFN4OS. The summed E-state index contributed by atoms with van der Waals surface area (Å²) >= 11 is 4.69. The van der Waals surface area contributed by atoms with Crippen molar-refractivity contribution >= 4 is 39.3 Å². The van der Waals surface area contributed by atoms with Gasteiger partial charge >= 0.3 is 0 Å². The zero-order valence-corrected chi connectivity index (χ0v) is 16.3. The number of benzene rings is 2. The van der Waals surface area contributed by atoms with E-state index in [4.69, 9.17) is 0 Å². The molecule has 1 aromatic heterocycles. The molecule has 1 atom stereocenters. The van der Waals surface area contributed by atoms with Gasteiger partial charge in [-0.25, -0.2) is 9.37 Å². The third-order valence-corrected chi connectivity index (χ3v) is 5.36. The van der Waals surface area contributed by atoms with Crippen molar-refractivity contribution in [3.8, 4) is 11.4 Å². The van der Waals surface area contributed by atoms with Crippen LogP contribution < -0.4 is 5.32 Å². The number of nitrogens with zero attached hydrogens (tertiary/aromatic N) is 2. The van der Waals surface area contributed by atoms with Gasteiger partial charge in [0.15, 0.2) is 5.82 Å². The molecule has 134 valence electrons. The molecule has 0 aliphatic heterocycles. The van der Waals surface area contributed by atoms with Gasteiger partial charge in [-0.05, 0) is 42.8 Å². The second kappa shape index (κ2) is 8.46. The molecule has 5 nitrogen and oxygen atoms in total. The summed E-state index contributed by atoms with van der Waals surface area (Å²) in [5, 5.41) is 10.0. The third kappa shape index (κ3) is 4.70. The van der Waals surface area contributed by atoms with Crippen LogP contribution in [-0.4, -0.2) is 26.3 Å². The maximum atomic E-state index is 13.0. The average molecular weight is 435 g/mol. The van der Waals surface area contributed by atoms with Crippen LogP contribution in [0, 0.1) is 5.82 Å². The minimum atomic E-state index is -0.353. The number of carbonyl (C=O) groups is 1. The van der Waals surface area contributed by atoms with Crippen LogP contribution in [0.15, 0.2) is 58.2 Å². The molecule has 0 spiro atoms. The Morgan fingerprint density at radius 1 is 1.23 bits per heavy atom. The fourth-order valence-electron chi connectivity index (χ4n) is 2.24. The van der Waals surface area contributed by atoms with Crippen LogP contribution in [0.25, 0.3) is 11.4 Å². The van der Waals surface area contributed by atoms with Crippen molar-refractivity contribution < 1.29 is 9.18 Å². The Morgan fingerprint density at radius 3 is 2.58 bits per heavy atom. The normalized spacial score (nSPS) is 12.0. The van der Waals surface area contributed by atoms with Gasteiger partial charge in [0.2, 0.25) is 11.1 Å². The van der Waals surface area contributed by atoms with Crippen molar-refractivity contribution in [2.75, 3.05) is 5.32 Å². The Labute approximate surface area is 162 Å². The van der Waals surface area contributed by atoms with Crippen molar-refractivity contribution in [3.05, 3.63) is 58.8 Å². The second-order valence-corrected chi connectivity index (χ2v) is 7.57. The molecule has 0 saturated carbocycles. The van der Waals surface area contributed by atoms with Crippen LogP contribution in [0.1, 0.15) is 13.3 Å². The fraction of sp³-hybridized carbons (Fsp3) is 0.167. The molecule has 1 heterocycles. The fourth-order valence-corrected chi connectivity index (χ4v) is 3.34. The summed E-state index contributed by atoms with van der Waals surface area (Å²) < 4.78 is 13.9. The number of carbonyl (C=O) groups excluding carboxylic acids is 1. The van der Waals surface area contributed by atoms with Gasteiger partial charge in [0.05, 0.1) is 5.25 Å². The first kappa shape index (κ1) is 18.6. The predicted octanol–water partition coefficient (Wildman–Crippen LogP) is 4.88. The van der Waals surface area contributed by atoms with Crippen molar-refractivity contribution in [2.24, 2.45) is 0 Å². The molecule has 2 N–H and O–H groups in total. The van der Waals surface area contributed by atoms with Crippen molar-refractivity contribution in [3.63, 3.8) is 0 Å². The summed E-state index contributed by atoms with van der Waals surface area (Å²) in [4.78, 5) is 16.9. The van der Waals surface area contributed by atoms with E-state index < -0.39 is 0 Å². The van der Waals surface area contributed by atoms with Crippen molar-refractivity contribution in [1.82, 2.24) is 15.2 Å². The highest BCUT2D eigenvalue weighted by Gasteiger charge is 2.20. The Kier molecular flexibility index (Phi) is 6.05. The average Bonchev–Trinajstić information content (AvgIpc) is 3.11.